The van der Waals surface area contributed by atoms with Gasteiger partial charge in [-0.15, -0.1) is 0 Å². The molecular formula is C28H21NO4. The van der Waals surface area contributed by atoms with Gasteiger partial charge in [-0.3, -0.25) is 0 Å². The molecule has 5 nitrogen and oxygen atoms in total. The number of nitriles is 1. The van der Waals surface area contributed by atoms with E-state index in [0.717, 1.165) is 11.1 Å². The molecule has 0 spiro atoms. The second-order valence-corrected chi connectivity index (χ2v) is 7.23. The molecule has 0 amide bonds. The lowest BCUT2D eigenvalue weighted by Gasteiger charge is -2.14. The first kappa shape index (κ1) is 21.7. The highest BCUT2D eigenvalue weighted by atomic mass is 16.5. The zero-order valence-corrected chi connectivity index (χ0v) is 17.8. The fourth-order valence-electron chi connectivity index (χ4n) is 3.12. The van der Waals surface area contributed by atoms with Crippen LogP contribution in [0.2, 0.25) is 0 Å². The fraction of sp³-hybridized carbons (Fsp3) is 0.0714. The van der Waals surface area contributed by atoms with Crippen molar-refractivity contribution >= 4 is 5.97 Å². The average Bonchev–Trinajstić information content (AvgIpc) is 2.88. The lowest BCUT2D eigenvalue weighted by atomic mass is 10.1. The predicted molar refractivity (Wildman–Crippen MR) is 124 cm³/mol. The molecule has 0 unspecified atom stereocenters. The molecule has 4 aromatic rings. The van der Waals surface area contributed by atoms with E-state index in [1.165, 1.54) is 0 Å². The van der Waals surface area contributed by atoms with Crippen LogP contribution in [0, 0.1) is 11.3 Å². The van der Waals surface area contributed by atoms with Gasteiger partial charge in [0.2, 0.25) is 0 Å². The maximum absolute atomic E-state index is 12.9. The highest BCUT2D eigenvalue weighted by molar-refractivity contribution is 5.94. The van der Waals surface area contributed by atoms with E-state index in [9.17, 15) is 4.79 Å². The van der Waals surface area contributed by atoms with Crippen LogP contribution in [0.15, 0.2) is 103 Å². The molecule has 162 valence electrons. The van der Waals surface area contributed by atoms with Gasteiger partial charge in [0.05, 0.1) is 11.6 Å². The molecule has 0 saturated carbocycles. The second kappa shape index (κ2) is 10.7. The van der Waals surface area contributed by atoms with Gasteiger partial charge in [0, 0.05) is 6.07 Å². The number of hydrogen-bond acceptors (Lipinski definition) is 5. The molecule has 5 heteroatoms. The molecule has 0 aliphatic rings. The van der Waals surface area contributed by atoms with Gasteiger partial charge in [-0.25, -0.2) is 4.79 Å². The zero-order valence-electron chi connectivity index (χ0n) is 17.8. The van der Waals surface area contributed by atoms with Gasteiger partial charge in [-0.1, -0.05) is 60.7 Å². The van der Waals surface area contributed by atoms with E-state index in [1.54, 1.807) is 42.5 Å². The lowest BCUT2D eigenvalue weighted by molar-refractivity contribution is 0.0729. The van der Waals surface area contributed by atoms with Gasteiger partial charge in [-0.2, -0.15) is 5.26 Å². The van der Waals surface area contributed by atoms with E-state index in [2.05, 4.69) is 0 Å². The maximum atomic E-state index is 12.9. The van der Waals surface area contributed by atoms with Crippen molar-refractivity contribution in [3.63, 3.8) is 0 Å². The van der Waals surface area contributed by atoms with Gasteiger partial charge in [0.1, 0.15) is 36.0 Å². The molecule has 4 rings (SSSR count). The minimum atomic E-state index is -0.558. The Balaban J connectivity index is 1.54. The van der Waals surface area contributed by atoms with Crippen LogP contribution in [0.3, 0.4) is 0 Å². The Hall–Kier alpha value is -4.56. The fourth-order valence-corrected chi connectivity index (χ4v) is 3.12. The topological polar surface area (TPSA) is 68.5 Å². The Kier molecular flexibility index (Phi) is 6.99. The van der Waals surface area contributed by atoms with Crippen molar-refractivity contribution in [3.05, 3.63) is 125 Å². The van der Waals surface area contributed by atoms with Gasteiger partial charge in [-0.05, 0) is 47.5 Å². The van der Waals surface area contributed by atoms with Crippen molar-refractivity contribution in [1.82, 2.24) is 0 Å². The van der Waals surface area contributed by atoms with Crippen LogP contribution in [0.25, 0.3) is 0 Å². The summed E-state index contributed by atoms with van der Waals surface area (Å²) in [6, 6.07) is 32.9. The summed E-state index contributed by atoms with van der Waals surface area (Å²) in [5.41, 5.74) is 2.78. The summed E-state index contributed by atoms with van der Waals surface area (Å²) in [4.78, 5) is 12.9. The van der Waals surface area contributed by atoms with Crippen LogP contribution in [0.4, 0.5) is 0 Å². The number of nitrogens with zero attached hydrogens (tertiary/aromatic N) is 1. The van der Waals surface area contributed by atoms with E-state index in [-0.39, 0.29) is 5.56 Å². The highest BCUT2D eigenvalue weighted by Gasteiger charge is 2.17. The lowest BCUT2D eigenvalue weighted by Crippen LogP contribution is -2.11. The summed E-state index contributed by atoms with van der Waals surface area (Å²) in [7, 11) is 0. The Morgan fingerprint density at radius 3 is 1.88 bits per heavy atom. The maximum Gasteiger partial charge on any atom is 0.347 e. The van der Waals surface area contributed by atoms with Gasteiger partial charge in [0.15, 0.2) is 0 Å². The number of benzene rings is 4. The Bertz CT molecular complexity index is 1250. The van der Waals surface area contributed by atoms with Crippen LogP contribution >= 0.6 is 0 Å². The van der Waals surface area contributed by atoms with Crippen LogP contribution < -0.4 is 14.2 Å². The number of carbonyl (C=O) groups is 1. The summed E-state index contributed by atoms with van der Waals surface area (Å²) >= 11 is 0. The van der Waals surface area contributed by atoms with Crippen LogP contribution in [0.5, 0.6) is 17.2 Å². The third-order valence-electron chi connectivity index (χ3n) is 4.85. The van der Waals surface area contributed by atoms with E-state index >= 15 is 0 Å². The molecule has 0 saturated heterocycles. The van der Waals surface area contributed by atoms with Crippen molar-refractivity contribution in [2.24, 2.45) is 0 Å². The molecule has 0 aromatic heterocycles. The van der Waals surface area contributed by atoms with Crippen molar-refractivity contribution in [2.45, 2.75) is 13.2 Å². The molecule has 4 aromatic carbocycles. The molecule has 0 aliphatic heterocycles. The Labute approximate surface area is 192 Å². The largest absolute Gasteiger partial charge is 0.489 e. The number of esters is 1. The molecule has 0 heterocycles. The van der Waals surface area contributed by atoms with Crippen molar-refractivity contribution < 1.29 is 19.0 Å². The summed E-state index contributed by atoms with van der Waals surface area (Å²) in [5, 5.41) is 8.93. The molecule has 0 N–H and O–H groups in total. The Morgan fingerprint density at radius 1 is 0.697 bits per heavy atom. The summed E-state index contributed by atoms with van der Waals surface area (Å²) in [6.07, 6.45) is 0. The summed E-state index contributed by atoms with van der Waals surface area (Å²) in [6.45, 7) is 0.689. The monoisotopic (exact) mass is 435 g/mol. The normalized spacial score (nSPS) is 10.2. The molecule has 0 fully saturated rings. The van der Waals surface area contributed by atoms with E-state index < -0.39 is 5.97 Å². The molecule has 0 bridgehead atoms. The number of ether oxygens (including phenoxy) is 3. The number of rotatable bonds is 8. The van der Waals surface area contributed by atoms with Crippen molar-refractivity contribution in [1.29, 1.82) is 5.26 Å². The minimum absolute atomic E-state index is 0.280. The highest BCUT2D eigenvalue weighted by Crippen LogP contribution is 2.28. The third kappa shape index (κ3) is 5.99. The van der Waals surface area contributed by atoms with Gasteiger partial charge < -0.3 is 14.2 Å². The van der Waals surface area contributed by atoms with Crippen LogP contribution in [0.1, 0.15) is 27.0 Å². The SMILES string of the molecule is N#Cc1ccc(OC(=O)c2ccc(OCc3ccccc3)cc2OCc2ccccc2)cc1. The zero-order chi connectivity index (χ0) is 22.9. The summed E-state index contributed by atoms with van der Waals surface area (Å²) < 4.78 is 17.4. The molecule has 0 atom stereocenters. The van der Waals surface area contributed by atoms with Gasteiger partial charge in [0.25, 0.3) is 0 Å². The number of carbonyl (C=O) groups excluding carboxylic acids is 1. The van der Waals surface area contributed by atoms with Gasteiger partial charge >= 0.3 is 5.97 Å². The first-order chi connectivity index (χ1) is 16.2. The Morgan fingerprint density at radius 2 is 1.27 bits per heavy atom. The molecular weight excluding hydrogens is 414 g/mol. The predicted octanol–water partition coefficient (Wildman–Crippen LogP) is 5.94. The van der Waals surface area contributed by atoms with Crippen LogP contribution in [-0.4, -0.2) is 5.97 Å². The molecule has 33 heavy (non-hydrogen) atoms. The van der Waals surface area contributed by atoms with Crippen molar-refractivity contribution in [3.8, 4) is 23.3 Å². The van der Waals surface area contributed by atoms with Crippen LogP contribution in [-0.2, 0) is 13.2 Å². The average molecular weight is 435 g/mol. The minimum Gasteiger partial charge on any atom is -0.489 e. The second-order valence-electron chi connectivity index (χ2n) is 7.23. The first-order valence-corrected chi connectivity index (χ1v) is 10.4. The third-order valence-corrected chi connectivity index (χ3v) is 4.85. The van der Waals surface area contributed by atoms with E-state index in [4.69, 9.17) is 19.5 Å². The van der Waals surface area contributed by atoms with Crippen molar-refractivity contribution in [2.75, 3.05) is 0 Å². The number of hydrogen-bond donors (Lipinski definition) is 0. The molecule has 0 radical (unpaired) electrons. The standard InChI is InChI=1S/C28H21NO4/c29-18-21-11-13-24(14-12-21)33-28(30)26-16-15-25(31-19-22-7-3-1-4-8-22)17-27(26)32-20-23-9-5-2-6-10-23/h1-17H,19-20H2. The van der Waals surface area contributed by atoms with E-state index in [1.807, 2.05) is 66.7 Å². The summed E-state index contributed by atoms with van der Waals surface area (Å²) in [5.74, 6) is 0.731. The molecule has 0 aliphatic carbocycles. The van der Waals surface area contributed by atoms with E-state index in [0.29, 0.717) is 36.0 Å². The quantitative estimate of drug-likeness (QED) is 0.253. The smallest absolute Gasteiger partial charge is 0.347 e. The first-order valence-electron chi connectivity index (χ1n) is 10.4.